The number of aliphatic hydroxyl groups is 1. The van der Waals surface area contributed by atoms with Gasteiger partial charge in [0.2, 0.25) is 0 Å². The molecule has 0 aliphatic heterocycles. The van der Waals surface area contributed by atoms with Crippen LogP contribution in [0.1, 0.15) is 30.6 Å². The number of aromatic hydroxyl groups is 1. The van der Waals surface area contributed by atoms with Gasteiger partial charge in [0, 0.05) is 18.7 Å². The zero-order chi connectivity index (χ0) is 19.1. The highest BCUT2D eigenvalue weighted by Gasteiger charge is 2.16. The van der Waals surface area contributed by atoms with Crippen LogP contribution in [0, 0.1) is 0 Å². The van der Waals surface area contributed by atoms with Crippen LogP contribution in [0.2, 0.25) is 0 Å². The molecule has 2 aromatic rings. The van der Waals surface area contributed by atoms with E-state index in [-0.39, 0.29) is 24.2 Å². The van der Waals surface area contributed by atoms with E-state index in [9.17, 15) is 14.8 Å². The van der Waals surface area contributed by atoms with Gasteiger partial charge in [0.05, 0.1) is 13.2 Å². The van der Waals surface area contributed by atoms with E-state index in [1.807, 2.05) is 12.1 Å². The lowest BCUT2D eigenvalue weighted by Crippen LogP contribution is -2.30. The zero-order valence-electron chi connectivity index (χ0n) is 15.8. The SMILES string of the molecule is COc1ccc(CCC(C)NCC(O)c2ccc(O)c([S+](C)[O-])c2)cc1.Cl. The van der Waals surface area contributed by atoms with Crippen molar-refractivity contribution < 1.29 is 19.5 Å². The summed E-state index contributed by atoms with van der Waals surface area (Å²) in [5, 5.41) is 23.4. The Morgan fingerprint density at radius 2 is 1.85 bits per heavy atom. The van der Waals surface area contributed by atoms with Crippen molar-refractivity contribution in [2.45, 2.75) is 36.8 Å². The van der Waals surface area contributed by atoms with Gasteiger partial charge in [0.1, 0.15) is 12.0 Å². The highest BCUT2D eigenvalue weighted by molar-refractivity contribution is 7.90. The van der Waals surface area contributed by atoms with E-state index in [1.165, 1.54) is 17.9 Å². The predicted octanol–water partition coefficient (Wildman–Crippen LogP) is 3.20. The maximum absolute atomic E-state index is 11.6. The Labute approximate surface area is 170 Å². The molecule has 27 heavy (non-hydrogen) atoms. The Bertz CT molecular complexity index is 697. The van der Waals surface area contributed by atoms with E-state index in [4.69, 9.17) is 4.74 Å². The van der Waals surface area contributed by atoms with Crippen LogP contribution in [0.4, 0.5) is 0 Å². The number of phenols is 1. The van der Waals surface area contributed by atoms with Crippen LogP contribution in [-0.4, -0.2) is 40.7 Å². The Balaban J connectivity index is 0.00000364. The fraction of sp³-hybridized carbons (Fsp3) is 0.400. The minimum Gasteiger partial charge on any atom is -0.612 e. The molecule has 0 saturated heterocycles. The number of phenolic OH excluding ortho intramolecular Hbond substituents is 1. The van der Waals surface area contributed by atoms with Crippen LogP contribution in [0.3, 0.4) is 0 Å². The van der Waals surface area contributed by atoms with Crippen LogP contribution in [0.15, 0.2) is 47.4 Å². The predicted molar refractivity (Wildman–Crippen MR) is 111 cm³/mol. The number of aryl methyl sites for hydroxylation is 1. The second kappa shape index (κ2) is 11.4. The van der Waals surface area contributed by atoms with Crippen molar-refractivity contribution in [3.63, 3.8) is 0 Å². The van der Waals surface area contributed by atoms with Gasteiger partial charge in [-0.3, -0.25) is 0 Å². The van der Waals surface area contributed by atoms with E-state index < -0.39 is 17.3 Å². The molecule has 0 bridgehead atoms. The first-order valence-corrected chi connectivity index (χ1v) is 10.2. The molecule has 0 aliphatic rings. The lowest BCUT2D eigenvalue weighted by atomic mass is 10.1. The number of hydrogen-bond donors (Lipinski definition) is 3. The molecule has 150 valence electrons. The monoisotopic (exact) mass is 413 g/mol. The van der Waals surface area contributed by atoms with E-state index in [2.05, 4.69) is 24.4 Å². The van der Waals surface area contributed by atoms with Crippen molar-refractivity contribution in [2.75, 3.05) is 19.9 Å². The maximum Gasteiger partial charge on any atom is 0.194 e. The van der Waals surface area contributed by atoms with Gasteiger partial charge in [0.15, 0.2) is 10.6 Å². The number of halogens is 1. The minimum absolute atomic E-state index is 0. The van der Waals surface area contributed by atoms with Gasteiger partial charge in [-0.15, -0.1) is 12.4 Å². The summed E-state index contributed by atoms with van der Waals surface area (Å²) < 4.78 is 16.8. The number of methoxy groups -OCH3 is 1. The molecule has 3 N–H and O–H groups in total. The standard InChI is InChI=1S/C20H27NO4S.ClH/c1-14(4-5-15-6-9-17(25-2)10-7-15)21-13-19(23)16-8-11-18(22)20(12-16)26(3)24;/h6-12,14,19,21-23H,4-5,13H2,1-3H3;1H. The smallest absolute Gasteiger partial charge is 0.194 e. The van der Waals surface area contributed by atoms with Crippen molar-refractivity contribution in [3.8, 4) is 11.5 Å². The molecule has 5 nitrogen and oxygen atoms in total. The van der Waals surface area contributed by atoms with Crippen LogP contribution < -0.4 is 10.1 Å². The molecule has 0 heterocycles. The van der Waals surface area contributed by atoms with Gasteiger partial charge in [-0.05, 0) is 60.3 Å². The summed E-state index contributed by atoms with van der Waals surface area (Å²) in [5.41, 5.74) is 1.89. The number of rotatable bonds is 9. The van der Waals surface area contributed by atoms with Crippen molar-refractivity contribution in [2.24, 2.45) is 0 Å². The Morgan fingerprint density at radius 1 is 1.19 bits per heavy atom. The minimum atomic E-state index is -1.30. The van der Waals surface area contributed by atoms with Crippen molar-refractivity contribution in [1.82, 2.24) is 5.32 Å². The summed E-state index contributed by atoms with van der Waals surface area (Å²) in [6, 6.07) is 13.0. The molecule has 7 heteroatoms. The van der Waals surface area contributed by atoms with Crippen LogP contribution in [-0.2, 0) is 17.6 Å². The second-order valence-electron chi connectivity index (χ2n) is 6.39. The highest BCUT2D eigenvalue weighted by Crippen LogP contribution is 2.26. The van der Waals surface area contributed by atoms with Crippen molar-refractivity contribution in [1.29, 1.82) is 0 Å². The average molecular weight is 414 g/mol. The van der Waals surface area contributed by atoms with Crippen molar-refractivity contribution >= 4 is 23.6 Å². The van der Waals surface area contributed by atoms with Crippen LogP contribution in [0.5, 0.6) is 11.5 Å². The maximum atomic E-state index is 11.6. The first-order valence-electron chi connectivity index (χ1n) is 8.61. The normalized spacial score (nSPS) is 14.1. The summed E-state index contributed by atoms with van der Waals surface area (Å²) in [6.07, 6.45) is 2.66. The molecule has 2 rings (SSSR count). The second-order valence-corrected chi connectivity index (χ2v) is 7.74. The zero-order valence-corrected chi connectivity index (χ0v) is 17.5. The van der Waals surface area contributed by atoms with Gasteiger partial charge >= 0.3 is 0 Å². The van der Waals surface area contributed by atoms with Gasteiger partial charge in [-0.2, -0.15) is 0 Å². The Kier molecular flexibility index (Phi) is 9.98. The molecule has 0 radical (unpaired) electrons. The van der Waals surface area contributed by atoms with Gasteiger partial charge < -0.3 is 24.8 Å². The van der Waals surface area contributed by atoms with E-state index in [0.717, 1.165) is 18.6 Å². The summed E-state index contributed by atoms with van der Waals surface area (Å²) in [4.78, 5) is 0.342. The molecule has 0 amide bonds. The fourth-order valence-electron chi connectivity index (χ4n) is 2.68. The van der Waals surface area contributed by atoms with Crippen LogP contribution in [0.25, 0.3) is 0 Å². The molecular formula is C20H28ClNO4S. The Morgan fingerprint density at radius 3 is 2.44 bits per heavy atom. The number of aliphatic hydroxyl groups excluding tert-OH is 1. The summed E-state index contributed by atoms with van der Waals surface area (Å²) in [6.45, 7) is 2.48. The summed E-state index contributed by atoms with van der Waals surface area (Å²) in [7, 11) is 1.65. The number of hydrogen-bond acceptors (Lipinski definition) is 5. The average Bonchev–Trinajstić information content (AvgIpc) is 2.64. The lowest BCUT2D eigenvalue weighted by Gasteiger charge is -2.18. The van der Waals surface area contributed by atoms with E-state index >= 15 is 0 Å². The molecule has 0 aromatic heterocycles. The molecule has 3 unspecified atom stereocenters. The van der Waals surface area contributed by atoms with E-state index in [0.29, 0.717) is 17.0 Å². The van der Waals surface area contributed by atoms with E-state index in [1.54, 1.807) is 19.2 Å². The highest BCUT2D eigenvalue weighted by atomic mass is 35.5. The van der Waals surface area contributed by atoms with Gasteiger partial charge in [-0.25, -0.2) is 0 Å². The largest absolute Gasteiger partial charge is 0.612 e. The molecule has 0 spiro atoms. The summed E-state index contributed by atoms with van der Waals surface area (Å²) >= 11 is -1.30. The molecule has 3 atom stereocenters. The van der Waals surface area contributed by atoms with Crippen molar-refractivity contribution in [3.05, 3.63) is 53.6 Å². The summed E-state index contributed by atoms with van der Waals surface area (Å²) in [5.74, 6) is 0.840. The number of nitrogens with one attached hydrogen (secondary N) is 1. The molecule has 2 aromatic carbocycles. The lowest BCUT2D eigenvalue weighted by molar-refractivity contribution is 0.169. The topological polar surface area (TPSA) is 84.8 Å². The molecule has 0 aliphatic carbocycles. The third-order valence-electron chi connectivity index (χ3n) is 4.36. The fourth-order valence-corrected chi connectivity index (χ4v) is 3.34. The number of ether oxygens (including phenoxy) is 1. The first-order chi connectivity index (χ1) is 12.4. The van der Waals surface area contributed by atoms with Gasteiger partial charge in [0.25, 0.3) is 0 Å². The molecular weight excluding hydrogens is 386 g/mol. The van der Waals surface area contributed by atoms with Crippen LogP contribution >= 0.6 is 12.4 Å². The first kappa shape index (κ1) is 23.6. The third-order valence-corrected chi connectivity index (χ3v) is 5.31. The molecule has 0 fully saturated rings. The third kappa shape index (κ3) is 7.24. The Hall–Kier alpha value is -1.44. The molecule has 0 saturated carbocycles. The quantitative estimate of drug-likeness (QED) is 0.550. The van der Waals surface area contributed by atoms with Gasteiger partial charge in [-0.1, -0.05) is 18.2 Å². The number of benzene rings is 2.